The smallest absolute Gasteiger partial charge is 0.0462 e. The minimum Gasteiger partial charge on any atom is -0.358 e. The maximum absolute atomic E-state index is 4.30. The Balaban J connectivity index is 1.84. The summed E-state index contributed by atoms with van der Waals surface area (Å²) in [5.41, 5.74) is 6.27. The van der Waals surface area contributed by atoms with Crippen molar-refractivity contribution in [2.75, 3.05) is 0 Å². The highest BCUT2D eigenvalue weighted by molar-refractivity contribution is 5.93. The van der Waals surface area contributed by atoms with Gasteiger partial charge in [-0.3, -0.25) is 0 Å². The van der Waals surface area contributed by atoms with Crippen molar-refractivity contribution >= 4 is 16.5 Å². The molecule has 0 aliphatic heterocycles. The SMILES string of the molecule is C=C(CCc1ccccc1)c1c(C)[nH]c2ccccc12. The average molecular weight is 261 g/mol. The van der Waals surface area contributed by atoms with Crippen molar-refractivity contribution in [3.8, 4) is 0 Å². The molecule has 20 heavy (non-hydrogen) atoms. The van der Waals surface area contributed by atoms with Crippen molar-refractivity contribution in [3.05, 3.63) is 78.0 Å². The topological polar surface area (TPSA) is 15.8 Å². The second-order valence-corrected chi connectivity index (χ2v) is 5.26. The maximum Gasteiger partial charge on any atom is 0.0462 e. The number of H-pyrrole nitrogens is 1. The van der Waals surface area contributed by atoms with Crippen LogP contribution in [0.3, 0.4) is 0 Å². The van der Waals surface area contributed by atoms with E-state index >= 15 is 0 Å². The Hall–Kier alpha value is -2.28. The molecular weight excluding hydrogens is 242 g/mol. The van der Waals surface area contributed by atoms with E-state index in [1.54, 1.807) is 0 Å². The van der Waals surface area contributed by atoms with Crippen molar-refractivity contribution in [2.45, 2.75) is 19.8 Å². The van der Waals surface area contributed by atoms with Gasteiger partial charge in [-0.15, -0.1) is 0 Å². The zero-order chi connectivity index (χ0) is 13.9. The van der Waals surface area contributed by atoms with Gasteiger partial charge in [0.2, 0.25) is 0 Å². The Bertz CT molecular complexity index is 735. The van der Waals surface area contributed by atoms with Crippen LogP contribution < -0.4 is 0 Å². The van der Waals surface area contributed by atoms with Gasteiger partial charge in [-0.2, -0.15) is 0 Å². The number of benzene rings is 2. The molecular formula is C19H19N. The number of hydrogen-bond acceptors (Lipinski definition) is 0. The summed E-state index contributed by atoms with van der Waals surface area (Å²) in [5.74, 6) is 0. The highest BCUT2D eigenvalue weighted by Gasteiger charge is 2.10. The van der Waals surface area contributed by atoms with Crippen molar-refractivity contribution in [1.29, 1.82) is 0 Å². The summed E-state index contributed by atoms with van der Waals surface area (Å²) >= 11 is 0. The molecule has 0 saturated heterocycles. The third-order valence-electron chi connectivity index (χ3n) is 3.81. The molecule has 0 aliphatic rings. The van der Waals surface area contributed by atoms with E-state index in [1.165, 1.54) is 33.3 Å². The Kier molecular flexibility index (Phi) is 3.42. The van der Waals surface area contributed by atoms with Crippen LogP contribution in [0.15, 0.2) is 61.2 Å². The predicted molar refractivity (Wildman–Crippen MR) is 86.8 cm³/mol. The molecule has 0 spiro atoms. The lowest BCUT2D eigenvalue weighted by Crippen LogP contribution is -1.89. The summed E-state index contributed by atoms with van der Waals surface area (Å²) in [4.78, 5) is 3.45. The Morgan fingerprint density at radius 2 is 1.70 bits per heavy atom. The van der Waals surface area contributed by atoms with Gasteiger partial charge in [0.1, 0.15) is 0 Å². The van der Waals surface area contributed by atoms with Gasteiger partial charge in [0, 0.05) is 22.2 Å². The fourth-order valence-electron chi connectivity index (χ4n) is 2.80. The zero-order valence-electron chi connectivity index (χ0n) is 11.8. The molecule has 0 saturated carbocycles. The van der Waals surface area contributed by atoms with E-state index in [0.717, 1.165) is 12.8 Å². The third kappa shape index (κ3) is 2.39. The summed E-state index contributed by atoms with van der Waals surface area (Å²) in [6, 6.07) is 19.0. The standard InChI is InChI=1S/C19H19N/c1-14(12-13-16-8-4-3-5-9-16)19-15(2)20-18-11-7-6-10-17(18)19/h3-11,20H,1,12-13H2,2H3. The van der Waals surface area contributed by atoms with E-state index in [2.05, 4.69) is 73.1 Å². The Morgan fingerprint density at radius 1 is 1.00 bits per heavy atom. The number of aromatic amines is 1. The molecule has 1 N–H and O–H groups in total. The van der Waals surface area contributed by atoms with E-state index in [0.29, 0.717) is 0 Å². The first-order chi connectivity index (χ1) is 9.75. The molecule has 1 heterocycles. The van der Waals surface area contributed by atoms with Crippen LogP contribution in [0.5, 0.6) is 0 Å². The molecule has 1 nitrogen and oxygen atoms in total. The number of aromatic nitrogens is 1. The second-order valence-electron chi connectivity index (χ2n) is 5.26. The minimum atomic E-state index is 0.993. The molecule has 3 aromatic rings. The van der Waals surface area contributed by atoms with Gasteiger partial charge in [0.15, 0.2) is 0 Å². The van der Waals surface area contributed by atoms with Crippen LogP contribution in [0.2, 0.25) is 0 Å². The van der Waals surface area contributed by atoms with Gasteiger partial charge in [-0.25, -0.2) is 0 Å². The first-order valence-electron chi connectivity index (χ1n) is 7.05. The van der Waals surface area contributed by atoms with Gasteiger partial charge >= 0.3 is 0 Å². The van der Waals surface area contributed by atoms with Gasteiger partial charge in [-0.1, -0.05) is 55.1 Å². The highest BCUT2D eigenvalue weighted by atomic mass is 14.7. The van der Waals surface area contributed by atoms with E-state index in [9.17, 15) is 0 Å². The molecule has 0 fully saturated rings. The largest absolute Gasteiger partial charge is 0.358 e. The number of hydrogen-bond donors (Lipinski definition) is 1. The zero-order valence-corrected chi connectivity index (χ0v) is 11.8. The van der Waals surface area contributed by atoms with Crippen LogP contribution in [0.4, 0.5) is 0 Å². The highest BCUT2D eigenvalue weighted by Crippen LogP contribution is 2.30. The first kappa shape index (κ1) is 12.7. The third-order valence-corrected chi connectivity index (χ3v) is 3.81. The average Bonchev–Trinajstić information content (AvgIpc) is 2.82. The van der Waals surface area contributed by atoms with Crippen molar-refractivity contribution in [2.24, 2.45) is 0 Å². The summed E-state index contributed by atoms with van der Waals surface area (Å²) in [6.07, 6.45) is 2.03. The number of aryl methyl sites for hydroxylation is 2. The van der Waals surface area contributed by atoms with Crippen LogP contribution in [0, 0.1) is 6.92 Å². The first-order valence-corrected chi connectivity index (χ1v) is 7.05. The predicted octanol–water partition coefficient (Wildman–Crippen LogP) is 5.12. The van der Waals surface area contributed by atoms with Crippen LogP contribution >= 0.6 is 0 Å². The van der Waals surface area contributed by atoms with Crippen LogP contribution in [0.25, 0.3) is 16.5 Å². The molecule has 100 valence electrons. The second kappa shape index (κ2) is 5.38. The van der Waals surface area contributed by atoms with Gasteiger partial charge in [0.25, 0.3) is 0 Å². The quantitative estimate of drug-likeness (QED) is 0.670. The molecule has 0 bridgehead atoms. The fraction of sp³-hybridized carbons (Fsp3) is 0.158. The lowest BCUT2D eigenvalue weighted by molar-refractivity contribution is 1.02. The molecule has 0 unspecified atom stereocenters. The van der Waals surface area contributed by atoms with Crippen molar-refractivity contribution in [3.63, 3.8) is 0 Å². The molecule has 3 rings (SSSR count). The number of allylic oxidation sites excluding steroid dienone is 1. The molecule has 0 radical (unpaired) electrons. The van der Waals surface area contributed by atoms with Crippen molar-refractivity contribution in [1.82, 2.24) is 4.98 Å². The Labute approximate surface area is 120 Å². The van der Waals surface area contributed by atoms with E-state index in [-0.39, 0.29) is 0 Å². The number of rotatable bonds is 4. The number of nitrogens with one attached hydrogen (secondary N) is 1. The molecule has 0 amide bonds. The fourth-order valence-corrected chi connectivity index (χ4v) is 2.80. The van der Waals surface area contributed by atoms with Gasteiger partial charge in [-0.05, 0) is 37.0 Å². The monoisotopic (exact) mass is 261 g/mol. The van der Waals surface area contributed by atoms with Crippen LogP contribution in [0.1, 0.15) is 23.2 Å². The molecule has 0 aliphatic carbocycles. The summed E-state index contributed by atoms with van der Waals surface area (Å²) < 4.78 is 0. The molecule has 2 aromatic carbocycles. The number of para-hydroxylation sites is 1. The van der Waals surface area contributed by atoms with Gasteiger partial charge < -0.3 is 4.98 Å². The summed E-state index contributed by atoms with van der Waals surface area (Å²) in [7, 11) is 0. The molecule has 0 atom stereocenters. The molecule has 1 heteroatoms. The summed E-state index contributed by atoms with van der Waals surface area (Å²) in [5, 5.41) is 1.28. The Morgan fingerprint density at radius 3 is 2.50 bits per heavy atom. The van der Waals surface area contributed by atoms with E-state index < -0.39 is 0 Å². The molecule has 1 aromatic heterocycles. The minimum absolute atomic E-state index is 0.993. The van der Waals surface area contributed by atoms with E-state index in [4.69, 9.17) is 0 Å². The normalized spacial score (nSPS) is 10.8. The van der Waals surface area contributed by atoms with Crippen LogP contribution in [-0.4, -0.2) is 4.98 Å². The number of fused-ring (bicyclic) bond motifs is 1. The van der Waals surface area contributed by atoms with Crippen molar-refractivity contribution < 1.29 is 0 Å². The lowest BCUT2D eigenvalue weighted by Gasteiger charge is -2.07. The lowest BCUT2D eigenvalue weighted by atomic mass is 9.97. The summed E-state index contributed by atoms with van der Waals surface area (Å²) in [6.45, 7) is 6.43. The van der Waals surface area contributed by atoms with E-state index in [1.807, 2.05) is 0 Å². The van der Waals surface area contributed by atoms with Gasteiger partial charge in [0.05, 0.1) is 0 Å². The van der Waals surface area contributed by atoms with Crippen LogP contribution in [-0.2, 0) is 6.42 Å². The maximum atomic E-state index is 4.30.